The van der Waals surface area contributed by atoms with Crippen LogP contribution in [0.5, 0.6) is 0 Å². The molecule has 2 heterocycles. The zero-order valence-corrected chi connectivity index (χ0v) is 30.7. The third-order valence-corrected chi connectivity index (χ3v) is 9.56. The van der Waals surface area contributed by atoms with E-state index in [1.165, 1.54) is 11.8 Å². The fraction of sp³-hybridized carbons (Fsp3) is 0.788. The molecule has 2 aliphatic rings. The molecule has 0 aromatic rings. The minimum Gasteiger partial charge on any atom is -0.480 e. The van der Waals surface area contributed by atoms with E-state index in [1.807, 2.05) is 4.90 Å². The summed E-state index contributed by atoms with van der Waals surface area (Å²) in [7, 11) is -1.68. The van der Waals surface area contributed by atoms with Gasteiger partial charge in [0.05, 0.1) is 32.1 Å². The fourth-order valence-corrected chi connectivity index (χ4v) is 6.58. The smallest absolute Gasteiger partial charge is 0.475 e. The number of carbonyl (C=O) groups excluding carboxylic acids is 4. The number of carboxylic acid groups (broad SMARTS) is 3. The van der Waals surface area contributed by atoms with Gasteiger partial charge in [-0.05, 0) is 32.1 Å². The van der Waals surface area contributed by atoms with Crippen LogP contribution in [0.15, 0.2) is 0 Å². The Morgan fingerprint density at radius 2 is 1.08 bits per heavy atom. The first-order valence-corrected chi connectivity index (χ1v) is 18.0. The van der Waals surface area contributed by atoms with Crippen LogP contribution in [-0.4, -0.2) is 195 Å². The average molecular weight is 741 g/mol. The molecule has 0 radical (unpaired) electrons. The van der Waals surface area contributed by atoms with E-state index in [0.717, 1.165) is 0 Å². The van der Waals surface area contributed by atoms with Crippen molar-refractivity contribution in [1.29, 1.82) is 0 Å². The molecule has 6 N–H and O–H groups in total. The number of nitrogens with one attached hydrogen (secondary N) is 1. The lowest BCUT2D eigenvalue weighted by Crippen LogP contribution is -2.53. The number of carboxylic acids is 3. The van der Waals surface area contributed by atoms with Gasteiger partial charge in [0.2, 0.25) is 11.8 Å². The molecular formula is C33H57BN6O12. The summed E-state index contributed by atoms with van der Waals surface area (Å²) >= 11 is 0. The molecule has 2 fully saturated rings. The molecule has 0 aromatic heterocycles. The summed E-state index contributed by atoms with van der Waals surface area (Å²) < 4.78 is 0. The van der Waals surface area contributed by atoms with Crippen molar-refractivity contribution in [3.63, 3.8) is 0 Å². The Labute approximate surface area is 305 Å². The molecular weight excluding hydrogens is 683 g/mol. The van der Waals surface area contributed by atoms with E-state index in [4.69, 9.17) is 0 Å². The van der Waals surface area contributed by atoms with E-state index in [-0.39, 0.29) is 109 Å². The Morgan fingerprint density at radius 3 is 1.48 bits per heavy atom. The third-order valence-electron chi connectivity index (χ3n) is 9.56. The number of aliphatic carboxylic acids is 3. The van der Waals surface area contributed by atoms with Crippen LogP contribution in [0.2, 0.25) is 0 Å². The van der Waals surface area contributed by atoms with Gasteiger partial charge in [0.15, 0.2) is 0 Å². The summed E-state index contributed by atoms with van der Waals surface area (Å²) in [4.78, 5) is 94.7. The number of ketones is 2. The Balaban J connectivity index is 1.95. The summed E-state index contributed by atoms with van der Waals surface area (Å²) in [5, 5.41) is 50.0. The van der Waals surface area contributed by atoms with E-state index in [1.54, 1.807) is 28.5 Å². The monoisotopic (exact) mass is 740 g/mol. The van der Waals surface area contributed by atoms with Gasteiger partial charge in [-0.2, -0.15) is 0 Å². The van der Waals surface area contributed by atoms with Crippen LogP contribution in [0.25, 0.3) is 0 Å². The molecule has 0 aliphatic carbocycles. The average Bonchev–Trinajstić information content (AvgIpc) is 3.54. The minimum atomic E-state index is -1.68. The van der Waals surface area contributed by atoms with Crippen LogP contribution in [-0.2, 0) is 33.6 Å². The lowest BCUT2D eigenvalue weighted by molar-refractivity contribution is -0.140. The van der Waals surface area contributed by atoms with Gasteiger partial charge in [0, 0.05) is 84.1 Å². The molecule has 0 aromatic carbocycles. The van der Waals surface area contributed by atoms with Gasteiger partial charge < -0.3 is 35.6 Å². The van der Waals surface area contributed by atoms with E-state index in [2.05, 4.69) is 5.32 Å². The quantitative estimate of drug-likeness (QED) is 0.0780. The Morgan fingerprint density at radius 1 is 0.654 bits per heavy atom. The van der Waals surface area contributed by atoms with Gasteiger partial charge in [-0.25, -0.2) is 0 Å². The summed E-state index contributed by atoms with van der Waals surface area (Å²) in [6.07, 6.45) is 1.39. The third kappa shape index (κ3) is 16.5. The SMILES string of the molecule is CC(C)[C@H](CC(=O)CCCC(=O)CN1CCN(CC(=O)O)CCN(CC(=O)O)CCN(CC(=O)O)CC1)C(=O)N[C@H](C)C(=O)N1CCC[C@H]1B(O)O. The summed E-state index contributed by atoms with van der Waals surface area (Å²) in [6.45, 7) is 6.89. The standard InChI is InChI=1S/C33H57BN6O12/c1-23(2)27(32(49)35-24(3)33(50)40-9-5-8-28(40)34(51)52)18-25(41)6-4-7-26(42)19-36-10-12-37(20-29(43)44)14-16-39(22-31(47)48)17-15-38(13-11-36)21-30(45)46/h23-24,27-28,51-52H,4-22H2,1-3H3,(H,35,49)(H,43,44)(H,45,46)(H,47,48)/t24-,27+,28+/m1/s1. The first-order valence-electron chi connectivity index (χ1n) is 18.0. The summed E-state index contributed by atoms with van der Waals surface area (Å²) in [6, 6.07) is -0.925. The highest BCUT2D eigenvalue weighted by Crippen LogP contribution is 2.21. The minimum absolute atomic E-state index is 0.00920. The topological polar surface area (TPSA) is 249 Å². The van der Waals surface area contributed by atoms with Crippen LogP contribution in [0.4, 0.5) is 0 Å². The molecule has 0 unspecified atom stereocenters. The first kappa shape index (κ1) is 44.7. The van der Waals surface area contributed by atoms with Crippen LogP contribution in [0, 0.1) is 11.8 Å². The van der Waals surface area contributed by atoms with Gasteiger partial charge >= 0.3 is 25.0 Å². The summed E-state index contributed by atoms with van der Waals surface area (Å²) in [5.74, 6) is -6.05. The van der Waals surface area contributed by atoms with Crippen molar-refractivity contribution in [2.75, 3.05) is 85.1 Å². The molecule has 2 rings (SSSR count). The second-order valence-electron chi connectivity index (χ2n) is 14.2. The maximum atomic E-state index is 13.1. The number of hydrogen-bond acceptors (Lipinski definition) is 13. The van der Waals surface area contributed by atoms with Crippen LogP contribution >= 0.6 is 0 Å². The van der Waals surface area contributed by atoms with E-state index in [9.17, 15) is 58.9 Å². The summed E-state index contributed by atoms with van der Waals surface area (Å²) in [5.41, 5.74) is 0. The zero-order chi connectivity index (χ0) is 39.0. The Kier molecular flexibility index (Phi) is 19.4. The lowest BCUT2D eigenvalue weighted by atomic mass is 9.78. The van der Waals surface area contributed by atoms with Gasteiger partial charge in [0.1, 0.15) is 17.6 Å². The highest BCUT2D eigenvalue weighted by atomic mass is 16.4. The van der Waals surface area contributed by atoms with E-state index >= 15 is 0 Å². The number of likely N-dealkylation sites (tertiary alicyclic amines) is 1. The van der Waals surface area contributed by atoms with E-state index in [0.29, 0.717) is 32.5 Å². The van der Waals surface area contributed by atoms with Gasteiger partial charge in [-0.1, -0.05) is 13.8 Å². The van der Waals surface area contributed by atoms with Crippen molar-refractivity contribution < 1.29 is 58.9 Å². The van der Waals surface area contributed by atoms with Crippen molar-refractivity contribution in [3.8, 4) is 0 Å². The van der Waals surface area contributed by atoms with Crippen molar-refractivity contribution in [2.45, 2.75) is 71.3 Å². The van der Waals surface area contributed by atoms with Crippen molar-refractivity contribution in [2.24, 2.45) is 11.8 Å². The van der Waals surface area contributed by atoms with Gasteiger partial charge in [-0.15, -0.1) is 0 Å². The van der Waals surface area contributed by atoms with Crippen LogP contribution in [0.3, 0.4) is 0 Å². The maximum absolute atomic E-state index is 13.1. The predicted octanol–water partition coefficient (Wildman–Crippen LogP) is -2.06. The van der Waals surface area contributed by atoms with Gasteiger partial charge in [-0.3, -0.25) is 53.2 Å². The second-order valence-corrected chi connectivity index (χ2v) is 14.2. The largest absolute Gasteiger partial charge is 0.480 e. The van der Waals surface area contributed by atoms with Crippen LogP contribution in [0.1, 0.15) is 59.3 Å². The number of Topliss-reactive ketones (excluding diaryl/α,β-unsaturated/α-hetero) is 2. The normalized spacial score (nSPS) is 20.0. The lowest BCUT2D eigenvalue weighted by Gasteiger charge is -2.32. The molecule has 0 saturated carbocycles. The van der Waals surface area contributed by atoms with Gasteiger partial charge in [0.25, 0.3) is 0 Å². The van der Waals surface area contributed by atoms with Crippen molar-refractivity contribution in [3.05, 3.63) is 0 Å². The number of hydrogen-bond donors (Lipinski definition) is 6. The molecule has 294 valence electrons. The molecule has 2 amide bonds. The molecule has 0 spiro atoms. The molecule has 2 aliphatic heterocycles. The molecule has 3 atom stereocenters. The highest BCUT2D eigenvalue weighted by molar-refractivity contribution is 6.43. The van der Waals surface area contributed by atoms with Crippen molar-refractivity contribution in [1.82, 2.24) is 29.8 Å². The highest BCUT2D eigenvalue weighted by Gasteiger charge is 2.39. The fourth-order valence-electron chi connectivity index (χ4n) is 6.58. The molecule has 0 bridgehead atoms. The number of rotatable bonds is 19. The maximum Gasteiger partial charge on any atom is 0.475 e. The molecule has 18 nitrogen and oxygen atoms in total. The zero-order valence-electron chi connectivity index (χ0n) is 30.7. The molecule has 19 heteroatoms. The number of amides is 2. The van der Waals surface area contributed by atoms with Crippen molar-refractivity contribution >= 4 is 48.4 Å². The molecule has 2 saturated heterocycles. The first-order chi connectivity index (χ1) is 24.5. The second kappa shape index (κ2) is 22.6. The Bertz CT molecular complexity index is 1210. The molecule has 52 heavy (non-hydrogen) atoms. The van der Waals surface area contributed by atoms with Crippen LogP contribution < -0.4 is 5.32 Å². The number of nitrogens with zero attached hydrogens (tertiary/aromatic N) is 5. The van der Waals surface area contributed by atoms with E-state index < -0.39 is 54.7 Å². The number of carbonyl (C=O) groups is 7. The Hall–Kier alpha value is -3.49. The predicted molar refractivity (Wildman–Crippen MR) is 188 cm³/mol.